The Morgan fingerprint density at radius 2 is 2.14 bits per heavy atom. The molecule has 3 rings (SSSR count). The Morgan fingerprint density at radius 3 is 2.91 bits per heavy atom. The monoisotopic (exact) mass is 310 g/mol. The van der Waals surface area contributed by atoms with Gasteiger partial charge in [-0.2, -0.15) is 5.26 Å². The number of halogens is 1. The lowest BCUT2D eigenvalue weighted by molar-refractivity contribution is 0.0472. The minimum absolute atomic E-state index is 0.0376. The summed E-state index contributed by atoms with van der Waals surface area (Å²) in [6.07, 6.45) is 3.64. The van der Waals surface area contributed by atoms with E-state index in [0.29, 0.717) is 21.7 Å². The van der Waals surface area contributed by atoms with Crippen LogP contribution in [0.25, 0.3) is 5.52 Å². The van der Waals surface area contributed by atoms with E-state index in [4.69, 9.17) is 16.3 Å². The Hall–Kier alpha value is -2.77. The van der Waals surface area contributed by atoms with Crippen molar-refractivity contribution in [1.29, 1.82) is 5.26 Å². The number of pyridine rings is 1. The number of rotatable bonds is 3. The molecule has 0 amide bonds. The first-order valence-electron chi connectivity index (χ1n) is 6.60. The number of hydrogen-bond donors (Lipinski definition) is 0. The van der Waals surface area contributed by atoms with E-state index >= 15 is 0 Å². The maximum atomic E-state index is 12.0. The number of carbonyl (C=O) groups excluding carboxylic acids is 1. The summed E-state index contributed by atoms with van der Waals surface area (Å²) in [5, 5.41) is 9.78. The van der Waals surface area contributed by atoms with Crippen molar-refractivity contribution in [3.63, 3.8) is 0 Å². The summed E-state index contributed by atoms with van der Waals surface area (Å²) in [6, 6.07) is 14.3. The normalized spacial score (nSPS) is 10.4. The molecule has 2 heterocycles. The number of fused-ring (bicyclic) bond motifs is 1. The molecule has 0 aliphatic heterocycles. The van der Waals surface area contributed by atoms with E-state index in [0.717, 1.165) is 5.52 Å². The third-order valence-electron chi connectivity index (χ3n) is 3.29. The first kappa shape index (κ1) is 14.2. The summed E-state index contributed by atoms with van der Waals surface area (Å²) >= 11 is 5.85. The molecule has 2 aromatic heterocycles. The molecule has 3 aromatic rings. The van der Waals surface area contributed by atoms with Crippen LogP contribution in [0.1, 0.15) is 21.5 Å². The molecule has 4 nitrogen and oxygen atoms in total. The molecule has 0 unspecified atom stereocenters. The van der Waals surface area contributed by atoms with Gasteiger partial charge in [0.05, 0.1) is 16.6 Å². The smallest absolute Gasteiger partial charge is 0.338 e. The van der Waals surface area contributed by atoms with Crippen LogP contribution in [0.2, 0.25) is 5.02 Å². The van der Waals surface area contributed by atoms with Gasteiger partial charge in [-0.15, -0.1) is 0 Å². The lowest BCUT2D eigenvalue weighted by atomic mass is 10.2. The van der Waals surface area contributed by atoms with Gasteiger partial charge in [0, 0.05) is 23.0 Å². The average Bonchev–Trinajstić information content (AvgIpc) is 2.90. The van der Waals surface area contributed by atoms with Crippen LogP contribution < -0.4 is 0 Å². The number of benzene rings is 1. The molecule has 0 N–H and O–H groups in total. The van der Waals surface area contributed by atoms with E-state index < -0.39 is 5.97 Å². The minimum Gasteiger partial charge on any atom is -0.457 e. The van der Waals surface area contributed by atoms with Crippen molar-refractivity contribution < 1.29 is 9.53 Å². The highest BCUT2D eigenvalue weighted by atomic mass is 35.5. The predicted octanol–water partition coefficient (Wildman–Crippen LogP) is 3.82. The van der Waals surface area contributed by atoms with Gasteiger partial charge in [0.1, 0.15) is 12.7 Å². The van der Waals surface area contributed by atoms with Crippen molar-refractivity contribution in [2.45, 2.75) is 6.61 Å². The molecule has 0 spiro atoms. The van der Waals surface area contributed by atoms with Crippen LogP contribution in [0.5, 0.6) is 0 Å². The molecule has 5 heteroatoms. The summed E-state index contributed by atoms with van der Waals surface area (Å²) < 4.78 is 7.11. The summed E-state index contributed by atoms with van der Waals surface area (Å²) in [5.41, 5.74) is 2.36. The van der Waals surface area contributed by atoms with Crippen molar-refractivity contribution in [2.24, 2.45) is 0 Å². The number of carbonyl (C=O) groups is 1. The van der Waals surface area contributed by atoms with Crippen molar-refractivity contribution in [1.82, 2.24) is 4.40 Å². The quantitative estimate of drug-likeness (QED) is 0.691. The number of ether oxygens (including phenoxy) is 1. The van der Waals surface area contributed by atoms with E-state index in [1.807, 2.05) is 28.8 Å². The van der Waals surface area contributed by atoms with Gasteiger partial charge in [0.15, 0.2) is 0 Å². The molecule has 0 fully saturated rings. The van der Waals surface area contributed by atoms with Crippen LogP contribution in [0, 0.1) is 11.3 Å². The van der Waals surface area contributed by atoms with Gasteiger partial charge in [-0.25, -0.2) is 4.79 Å². The zero-order valence-corrected chi connectivity index (χ0v) is 12.2. The maximum Gasteiger partial charge on any atom is 0.338 e. The van der Waals surface area contributed by atoms with Crippen molar-refractivity contribution in [3.05, 3.63) is 76.6 Å². The Labute approximate surface area is 132 Å². The maximum absolute atomic E-state index is 12.0. The zero-order chi connectivity index (χ0) is 15.5. The number of esters is 1. The topological polar surface area (TPSA) is 54.5 Å². The molecule has 0 aliphatic carbocycles. The highest BCUT2D eigenvalue weighted by Gasteiger charge is 2.13. The van der Waals surface area contributed by atoms with Crippen molar-refractivity contribution in [2.75, 3.05) is 0 Å². The van der Waals surface area contributed by atoms with Crippen LogP contribution in [0.15, 0.2) is 54.9 Å². The van der Waals surface area contributed by atoms with Crippen LogP contribution in [-0.2, 0) is 11.3 Å². The first-order chi connectivity index (χ1) is 10.7. The number of nitriles is 1. The van der Waals surface area contributed by atoms with Gasteiger partial charge >= 0.3 is 5.97 Å². The number of hydrogen-bond acceptors (Lipinski definition) is 3. The van der Waals surface area contributed by atoms with Crippen LogP contribution in [-0.4, -0.2) is 10.4 Å². The summed E-state index contributed by atoms with van der Waals surface area (Å²) in [4.78, 5) is 12.0. The van der Waals surface area contributed by atoms with Gasteiger partial charge < -0.3 is 9.14 Å². The van der Waals surface area contributed by atoms with E-state index in [9.17, 15) is 10.1 Å². The molecular formula is C17H11ClN2O2. The molecule has 0 radical (unpaired) electrons. The summed E-state index contributed by atoms with van der Waals surface area (Å²) in [6.45, 7) is 0.0376. The number of nitrogens with zero attached hydrogens (tertiary/aromatic N) is 2. The third-order valence-corrected chi connectivity index (χ3v) is 3.53. The highest BCUT2D eigenvalue weighted by Crippen LogP contribution is 2.19. The molecule has 0 saturated heterocycles. The second-order valence-electron chi connectivity index (χ2n) is 4.72. The van der Waals surface area contributed by atoms with Gasteiger partial charge in [0.2, 0.25) is 0 Å². The minimum atomic E-state index is -0.471. The first-order valence-corrected chi connectivity index (χ1v) is 6.98. The average molecular weight is 311 g/mol. The molecular weight excluding hydrogens is 300 g/mol. The second-order valence-corrected chi connectivity index (χ2v) is 5.16. The third kappa shape index (κ3) is 2.67. The van der Waals surface area contributed by atoms with Gasteiger partial charge in [0.25, 0.3) is 0 Å². The molecule has 0 atom stereocenters. The Morgan fingerprint density at radius 1 is 1.27 bits per heavy atom. The molecule has 22 heavy (non-hydrogen) atoms. The van der Waals surface area contributed by atoms with Crippen molar-refractivity contribution in [3.8, 4) is 6.07 Å². The Bertz CT molecular complexity index is 893. The van der Waals surface area contributed by atoms with E-state index in [2.05, 4.69) is 6.07 Å². The van der Waals surface area contributed by atoms with E-state index in [-0.39, 0.29) is 6.61 Å². The number of aromatic nitrogens is 1. The Balaban J connectivity index is 1.82. The Kier molecular flexibility index (Phi) is 3.82. The van der Waals surface area contributed by atoms with Crippen LogP contribution >= 0.6 is 11.6 Å². The fourth-order valence-electron chi connectivity index (χ4n) is 2.26. The molecule has 0 bridgehead atoms. The van der Waals surface area contributed by atoms with Crippen LogP contribution in [0.3, 0.4) is 0 Å². The van der Waals surface area contributed by atoms with Gasteiger partial charge in [-0.05, 0) is 30.3 Å². The molecule has 0 aliphatic rings. The largest absolute Gasteiger partial charge is 0.457 e. The SMILES string of the molecule is N#Cc1c(COC(=O)c2cccc(Cl)c2)cn2ccccc12. The summed E-state index contributed by atoms with van der Waals surface area (Å²) in [5.74, 6) is -0.471. The second kappa shape index (κ2) is 5.92. The lowest BCUT2D eigenvalue weighted by Gasteiger charge is -2.04. The molecule has 108 valence electrons. The molecule has 1 aromatic carbocycles. The van der Waals surface area contributed by atoms with E-state index in [1.165, 1.54) is 0 Å². The van der Waals surface area contributed by atoms with Gasteiger partial charge in [-0.1, -0.05) is 23.7 Å². The lowest BCUT2D eigenvalue weighted by Crippen LogP contribution is -2.05. The van der Waals surface area contributed by atoms with E-state index in [1.54, 1.807) is 30.5 Å². The van der Waals surface area contributed by atoms with Gasteiger partial charge in [-0.3, -0.25) is 0 Å². The molecule has 0 saturated carbocycles. The predicted molar refractivity (Wildman–Crippen MR) is 82.7 cm³/mol. The fourth-order valence-corrected chi connectivity index (χ4v) is 2.45. The highest BCUT2D eigenvalue weighted by molar-refractivity contribution is 6.30. The fraction of sp³-hybridized carbons (Fsp3) is 0.0588. The standard InChI is InChI=1S/C17H11ClN2O2/c18-14-5-3-4-12(8-14)17(21)22-11-13-10-20-7-2-1-6-16(20)15(13)9-19/h1-8,10H,11H2. The van der Waals surface area contributed by atoms with Crippen molar-refractivity contribution >= 4 is 23.1 Å². The summed E-state index contributed by atoms with van der Waals surface area (Å²) in [7, 11) is 0. The zero-order valence-electron chi connectivity index (χ0n) is 11.5. The van der Waals surface area contributed by atoms with Crippen LogP contribution in [0.4, 0.5) is 0 Å².